The van der Waals surface area contributed by atoms with Crippen LogP contribution >= 0.6 is 0 Å². The van der Waals surface area contributed by atoms with Gasteiger partial charge < -0.3 is 25.7 Å². The fourth-order valence-electron chi connectivity index (χ4n) is 4.96. The Morgan fingerprint density at radius 2 is 1.90 bits per heavy atom. The topological polar surface area (TPSA) is 129 Å². The number of fused-ring (bicyclic) bond motifs is 2. The van der Waals surface area contributed by atoms with Crippen LogP contribution in [0.4, 0.5) is 30.6 Å². The molecule has 0 unspecified atom stereocenters. The molecule has 5 rings (SSSR count). The molecule has 0 fully saturated rings. The highest BCUT2D eigenvalue weighted by molar-refractivity contribution is 6.35. The molecule has 0 saturated carbocycles. The molecular formula is C29H26F2N4O5. The van der Waals surface area contributed by atoms with Gasteiger partial charge in [-0.15, -0.1) is 0 Å². The van der Waals surface area contributed by atoms with E-state index in [0.29, 0.717) is 64.7 Å². The summed E-state index contributed by atoms with van der Waals surface area (Å²) in [6.45, 7) is 1.98. The lowest BCUT2D eigenvalue weighted by atomic mass is 9.91. The van der Waals surface area contributed by atoms with E-state index in [9.17, 15) is 28.0 Å². The maximum absolute atomic E-state index is 13.9. The van der Waals surface area contributed by atoms with E-state index in [1.54, 1.807) is 31.2 Å². The lowest BCUT2D eigenvalue weighted by molar-refractivity contribution is -0.143. The zero-order valence-corrected chi connectivity index (χ0v) is 21.6. The van der Waals surface area contributed by atoms with E-state index >= 15 is 0 Å². The Kier molecular flexibility index (Phi) is 7.45. The Morgan fingerprint density at radius 3 is 2.67 bits per heavy atom. The molecule has 2 heterocycles. The lowest BCUT2D eigenvalue weighted by Crippen LogP contribution is -2.20. The quantitative estimate of drug-likeness (QED) is 0.231. The Bertz CT molecular complexity index is 1580. The molecule has 9 nitrogen and oxygen atoms in total. The van der Waals surface area contributed by atoms with Gasteiger partial charge in [0.1, 0.15) is 11.6 Å². The largest absolute Gasteiger partial charge is 0.466 e. The molecule has 3 amide bonds. The molecule has 40 heavy (non-hydrogen) atoms. The van der Waals surface area contributed by atoms with Gasteiger partial charge in [0.15, 0.2) is 5.78 Å². The molecule has 0 bridgehead atoms. The van der Waals surface area contributed by atoms with Crippen molar-refractivity contribution >= 4 is 52.4 Å². The van der Waals surface area contributed by atoms with Gasteiger partial charge in [-0.1, -0.05) is 0 Å². The van der Waals surface area contributed by atoms with Gasteiger partial charge in [0.2, 0.25) is 0 Å². The number of nitrogens with one attached hydrogen (secondary N) is 4. The Balaban J connectivity index is 1.43. The van der Waals surface area contributed by atoms with Crippen molar-refractivity contribution in [1.82, 2.24) is 4.98 Å². The van der Waals surface area contributed by atoms with E-state index in [1.807, 2.05) is 0 Å². The molecule has 0 spiro atoms. The van der Waals surface area contributed by atoms with Crippen molar-refractivity contribution in [3.05, 3.63) is 76.1 Å². The first kappa shape index (κ1) is 26.8. The number of ketones is 1. The molecule has 1 aliphatic carbocycles. The van der Waals surface area contributed by atoms with Crippen LogP contribution in [0.2, 0.25) is 0 Å². The first-order valence-electron chi connectivity index (χ1n) is 12.9. The van der Waals surface area contributed by atoms with Gasteiger partial charge in [-0.2, -0.15) is 0 Å². The van der Waals surface area contributed by atoms with Gasteiger partial charge in [0.05, 0.1) is 17.9 Å². The molecule has 0 saturated heterocycles. The van der Waals surface area contributed by atoms with E-state index in [-0.39, 0.29) is 42.8 Å². The highest BCUT2D eigenvalue weighted by atomic mass is 19.1. The third-order valence-corrected chi connectivity index (χ3v) is 6.74. The van der Waals surface area contributed by atoms with Gasteiger partial charge >= 0.3 is 12.0 Å². The molecule has 0 atom stereocenters. The summed E-state index contributed by atoms with van der Waals surface area (Å²) in [5, 5.41) is 7.69. The van der Waals surface area contributed by atoms with Crippen LogP contribution in [-0.4, -0.2) is 35.3 Å². The number of amides is 3. The van der Waals surface area contributed by atoms with E-state index in [2.05, 4.69) is 20.9 Å². The zero-order chi connectivity index (χ0) is 28.4. The molecule has 4 N–H and O–H groups in total. The average Bonchev–Trinajstić information content (AvgIpc) is 3.42. The van der Waals surface area contributed by atoms with Gasteiger partial charge in [-0.25, -0.2) is 13.6 Å². The monoisotopic (exact) mass is 548 g/mol. The normalized spacial score (nSPS) is 14.9. The number of ether oxygens (including phenoxy) is 1. The van der Waals surface area contributed by atoms with Crippen molar-refractivity contribution in [2.45, 2.75) is 39.0 Å². The van der Waals surface area contributed by atoms with E-state index in [0.717, 1.165) is 17.8 Å². The van der Waals surface area contributed by atoms with Crippen LogP contribution in [0.15, 0.2) is 36.4 Å². The molecule has 1 aliphatic heterocycles. The van der Waals surface area contributed by atoms with Crippen molar-refractivity contribution < 1.29 is 32.7 Å². The van der Waals surface area contributed by atoms with Crippen molar-refractivity contribution in [2.24, 2.45) is 0 Å². The SMILES string of the molecule is CCOC(=O)CCc1c(/C=C2\C(=O)Nc3ccc(NC(=O)Nc4ccc(F)cc4F)cc32)[nH]c2c1C(=O)CCC2. The summed E-state index contributed by atoms with van der Waals surface area (Å²) < 4.78 is 32.1. The number of benzene rings is 2. The maximum atomic E-state index is 13.9. The molecule has 3 aromatic rings. The Morgan fingerprint density at radius 1 is 1.07 bits per heavy atom. The number of aromatic nitrogens is 1. The number of rotatable bonds is 7. The van der Waals surface area contributed by atoms with Crippen LogP contribution in [0.5, 0.6) is 0 Å². The first-order chi connectivity index (χ1) is 19.2. The molecule has 2 aromatic carbocycles. The van der Waals surface area contributed by atoms with Gasteiger partial charge in [-0.05, 0) is 68.2 Å². The lowest BCUT2D eigenvalue weighted by Gasteiger charge is -2.11. The third kappa shape index (κ3) is 5.49. The van der Waals surface area contributed by atoms with Crippen molar-refractivity contribution in [1.29, 1.82) is 0 Å². The number of aromatic amines is 1. The highest BCUT2D eigenvalue weighted by Crippen LogP contribution is 2.37. The number of hydrogen-bond acceptors (Lipinski definition) is 5. The number of urea groups is 1. The molecular weight excluding hydrogens is 522 g/mol. The summed E-state index contributed by atoms with van der Waals surface area (Å²) in [6, 6.07) is 6.81. The molecule has 0 radical (unpaired) electrons. The summed E-state index contributed by atoms with van der Waals surface area (Å²) >= 11 is 0. The van der Waals surface area contributed by atoms with Crippen LogP contribution in [-0.2, 0) is 27.2 Å². The Labute approximate surface area is 228 Å². The van der Waals surface area contributed by atoms with E-state index in [1.165, 1.54) is 0 Å². The summed E-state index contributed by atoms with van der Waals surface area (Å²) in [6.07, 6.45) is 3.80. The number of carbonyl (C=O) groups is 4. The first-order valence-corrected chi connectivity index (χ1v) is 12.9. The maximum Gasteiger partial charge on any atom is 0.323 e. The minimum Gasteiger partial charge on any atom is -0.466 e. The standard InChI is InChI=1S/C29H26F2N4O5/c1-2-40-26(37)11-8-17-24(33-23-4-3-5-25(36)27(17)23)14-19-18-13-16(7-10-21(18)34-28(19)38)32-29(39)35-22-9-6-15(30)12-20(22)31/h6-7,9-10,12-14,33H,2-5,8,11H2,1H3,(H,34,38)(H2,32,35,39)/b19-14-. The van der Waals surface area contributed by atoms with Crippen LogP contribution in [0.3, 0.4) is 0 Å². The summed E-state index contributed by atoms with van der Waals surface area (Å²) in [7, 11) is 0. The van der Waals surface area contributed by atoms with Gasteiger partial charge in [0, 0.05) is 52.8 Å². The number of halogens is 2. The van der Waals surface area contributed by atoms with Crippen molar-refractivity contribution in [2.75, 3.05) is 22.6 Å². The summed E-state index contributed by atoms with van der Waals surface area (Å²) in [4.78, 5) is 53.5. The van der Waals surface area contributed by atoms with E-state index < -0.39 is 17.7 Å². The van der Waals surface area contributed by atoms with Gasteiger partial charge in [0.25, 0.3) is 5.91 Å². The number of aryl methyl sites for hydroxylation is 1. The zero-order valence-electron chi connectivity index (χ0n) is 21.6. The molecule has 1 aromatic heterocycles. The highest BCUT2D eigenvalue weighted by Gasteiger charge is 2.29. The second-order valence-corrected chi connectivity index (χ2v) is 9.43. The van der Waals surface area contributed by atoms with Gasteiger partial charge in [-0.3, -0.25) is 14.4 Å². The fourth-order valence-corrected chi connectivity index (χ4v) is 4.96. The fraction of sp³-hybridized carbons (Fsp3) is 0.241. The molecule has 206 valence electrons. The number of carbonyl (C=O) groups excluding carboxylic acids is 4. The number of Topliss-reactive ketones (excluding diaryl/α,β-unsaturated/α-hetero) is 1. The van der Waals surface area contributed by atoms with Crippen molar-refractivity contribution in [3.8, 4) is 0 Å². The second-order valence-electron chi connectivity index (χ2n) is 9.43. The minimum absolute atomic E-state index is 0.00706. The van der Waals surface area contributed by atoms with Crippen molar-refractivity contribution in [3.63, 3.8) is 0 Å². The number of H-pyrrole nitrogens is 1. The smallest absolute Gasteiger partial charge is 0.323 e. The third-order valence-electron chi connectivity index (χ3n) is 6.74. The predicted molar refractivity (Wildman–Crippen MR) is 145 cm³/mol. The summed E-state index contributed by atoms with van der Waals surface area (Å²) in [5.41, 5.74) is 4.02. The average molecular weight is 549 g/mol. The second kappa shape index (κ2) is 11.1. The minimum atomic E-state index is -0.921. The van der Waals surface area contributed by atoms with Crippen LogP contribution in [0, 0.1) is 11.6 Å². The van der Waals surface area contributed by atoms with Crippen LogP contribution in [0.1, 0.15) is 59.1 Å². The number of anilines is 3. The molecule has 2 aliphatic rings. The Hall–Kier alpha value is -4.80. The number of esters is 1. The van der Waals surface area contributed by atoms with E-state index in [4.69, 9.17) is 4.74 Å². The molecule has 11 heteroatoms. The van der Waals surface area contributed by atoms with Crippen LogP contribution in [0.25, 0.3) is 11.6 Å². The summed E-state index contributed by atoms with van der Waals surface area (Å²) in [5.74, 6) is -2.45. The predicted octanol–water partition coefficient (Wildman–Crippen LogP) is 5.44. The number of hydrogen-bond donors (Lipinski definition) is 4. The van der Waals surface area contributed by atoms with Crippen LogP contribution < -0.4 is 16.0 Å².